The van der Waals surface area contributed by atoms with Gasteiger partial charge in [-0.15, -0.1) is 0 Å². The molecule has 6 nitrogen and oxygen atoms in total. The third-order valence-corrected chi connectivity index (χ3v) is 3.98. The second-order valence-corrected chi connectivity index (χ2v) is 5.86. The van der Waals surface area contributed by atoms with Crippen molar-refractivity contribution in [3.05, 3.63) is 0 Å². The van der Waals surface area contributed by atoms with Gasteiger partial charge in [0.1, 0.15) is 0 Å². The van der Waals surface area contributed by atoms with Crippen LogP contribution in [0.25, 0.3) is 0 Å². The van der Waals surface area contributed by atoms with Crippen molar-refractivity contribution in [1.29, 1.82) is 0 Å². The van der Waals surface area contributed by atoms with Crippen LogP contribution in [0.3, 0.4) is 0 Å². The minimum Gasteiger partial charge on any atom is -0.450 e. The maximum Gasteiger partial charge on any atom is 0.409 e. The highest BCUT2D eigenvalue weighted by Gasteiger charge is 2.24. The van der Waals surface area contributed by atoms with E-state index >= 15 is 0 Å². The monoisotopic (exact) mass is 297 g/mol. The highest BCUT2D eigenvalue weighted by Crippen LogP contribution is 2.18. The Morgan fingerprint density at radius 2 is 1.86 bits per heavy atom. The molecule has 1 aliphatic heterocycles. The summed E-state index contributed by atoms with van der Waals surface area (Å²) in [7, 11) is 0. The van der Waals surface area contributed by atoms with Gasteiger partial charge >= 0.3 is 6.09 Å². The van der Waals surface area contributed by atoms with Gasteiger partial charge in [-0.2, -0.15) is 0 Å². The van der Waals surface area contributed by atoms with Gasteiger partial charge in [0, 0.05) is 31.6 Å². The standard InChI is InChI=1S/C15H27N3O3/c1-2-21-15(20)18-10-7-12(8-11-18)16-9-3-4-14(19)17-13-5-6-13/h12-13,16H,2-11H2,1H3,(H,17,19). The van der Waals surface area contributed by atoms with E-state index < -0.39 is 0 Å². The number of rotatable bonds is 7. The molecule has 2 N–H and O–H groups in total. The summed E-state index contributed by atoms with van der Waals surface area (Å²) in [5.74, 6) is 0.177. The summed E-state index contributed by atoms with van der Waals surface area (Å²) in [5.41, 5.74) is 0. The molecular weight excluding hydrogens is 270 g/mol. The Morgan fingerprint density at radius 3 is 2.48 bits per heavy atom. The molecule has 6 heteroatoms. The van der Waals surface area contributed by atoms with Crippen LogP contribution in [-0.4, -0.2) is 55.2 Å². The average Bonchev–Trinajstić information content (AvgIpc) is 3.28. The molecule has 0 atom stereocenters. The summed E-state index contributed by atoms with van der Waals surface area (Å²) in [4.78, 5) is 24.9. The molecule has 1 saturated heterocycles. The number of amides is 2. The molecule has 2 amide bonds. The number of ether oxygens (including phenoxy) is 1. The van der Waals surface area contributed by atoms with Gasteiger partial charge in [0.05, 0.1) is 6.61 Å². The molecule has 0 radical (unpaired) electrons. The van der Waals surface area contributed by atoms with Crippen LogP contribution < -0.4 is 10.6 Å². The zero-order valence-corrected chi connectivity index (χ0v) is 12.9. The van der Waals surface area contributed by atoms with Crippen LogP contribution >= 0.6 is 0 Å². The van der Waals surface area contributed by atoms with Gasteiger partial charge in [-0.1, -0.05) is 0 Å². The van der Waals surface area contributed by atoms with Gasteiger partial charge in [0.25, 0.3) is 0 Å². The lowest BCUT2D eigenvalue weighted by atomic mass is 10.1. The second kappa shape index (κ2) is 8.22. The molecule has 21 heavy (non-hydrogen) atoms. The van der Waals surface area contributed by atoms with E-state index in [4.69, 9.17) is 4.74 Å². The second-order valence-electron chi connectivity index (χ2n) is 5.86. The zero-order chi connectivity index (χ0) is 15.1. The minimum atomic E-state index is -0.201. The normalized spacial score (nSPS) is 19.4. The molecule has 2 aliphatic rings. The fourth-order valence-corrected chi connectivity index (χ4v) is 2.56. The fourth-order valence-electron chi connectivity index (χ4n) is 2.56. The van der Waals surface area contributed by atoms with Gasteiger partial charge < -0.3 is 20.3 Å². The lowest BCUT2D eigenvalue weighted by molar-refractivity contribution is -0.121. The molecule has 2 fully saturated rings. The molecule has 1 aliphatic carbocycles. The summed E-state index contributed by atoms with van der Waals surface area (Å²) < 4.78 is 5.00. The molecule has 0 bridgehead atoms. The van der Waals surface area contributed by atoms with Crippen LogP contribution in [0.2, 0.25) is 0 Å². The van der Waals surface area contributed by atoms with Crippen LogP contribution in [0.15, 0.2) is 0 Å². The number of piperidine rings is 1. The Kier molecular flexibility index (Phi) is 6.29. The topological polar surface area (TPSA) is 70.7 Å². The van der Waals surface area contributed by atoms with Crippen molar-refractivity contribution in [3.8, 4) is 0 Å². The Hall–Kier alpha value is -1.30. The van der Waals surface area contributed by atoms with Gasteiger partial charge in [0.15, 0.2) is 0 Å². The Bertz CT molecular complexity index is 350. The number of hydrogen-bond acceptors (Lipinski definition) is 4. The number of carbonyl (C=O) groups excluding carboxylic acids is 2. The molecule has 0 spiro atoms. The van der Waals surface area contributed by atoms with Crippen LogP contribution in [-0.2, 0) is 9.53 Å². The molecular formula is C15H27N3O3. The van der Waals surface area contributed by atoms with Gasteiger partial charge in [0.2, 0.25) is 5.91 Å². The molecule has 1 heterocycles. The molecule has 0 unspecified atom stereocenters. The third kappa shape index (κ3) is 5.91. The molecule has 0 aromatic heterocycles. The lowest BCUT2D eigenvalue weighted by Gasteiger charge is -2.31. The SMILES string of the molecule is CCOC(=O)N1CCC(NCCCC(=O)NC2CC2)CC1. The Balaban J connectivity index is 1.50. The summed E-state index contributed by atoms with van der Waals surface area (Å²) >= 11 is 0. The van der Waals surface area contributed by atoms with Crippen LogP contribution in [0.1, 0.15) is 45.4 Å². The van der Waals surface area contributed by atoms with E-state index in [2.05, 4.69) is 10.6 Å². The summed E-state index contributed by atoms with van der Waals surface area (Å²) in [6.07, 6.45) is 5.46. The first-order valence-electron chi connectivity index (χ1n) is 8.13. The largest absolute Gasteiger partial charge is 0.450 e. The zero-order valence-electron chi connectivity index (χ0n) is 12.9. The first kappa shape index (κ1) is 16.1. The van der Waals surface area contributed by atoms with E-state index in [0.717, 1.165) is 51.7 Å². The number of carbonyl (C=O) groups is 2. The van der Waals surface area contributed by atoms with Crippen LogP contribution in [0, 0.1) is 0 Å². The summed E-state index contributed by atoms with van der Waals surface area (Å²) in [6, 6.07) is 0.903. The van der Waals surface area contributed by atoms with E-state index in [1.165, 1.54) is 0 Å². The van der Waals surface area contributed by atoms with Crippen molar-refractivity contribution < 1.29 is 14.3 Å². The third-order valence-electron chi connectivity index (χ3n) is 3.98. The number of hydrogen-bond donors (Lipinski definition) is 2. The van der Waals surface area contributed by atoms with Crippen molar-refractivity contribution >= 4 is 12.0 Å². The molecule has 120 valence electrons. The highest BCUT2D eigenvalue weighted by molar-refractivity contribution is 5.76. The maximum atomic E-state index is 11.6. The highest BCUT2D eigenvalue weighted by atomic mass is 16.6. The van der Waals surface area contributed by atoms with Gasteiger partial charge in [-0.25, -0.2) is 4.79 Å². The van der Waals surface area contributed by atoms with Crippen molar-refractivity contribution in [3.63, 3.8) is 0 Å². The van der Waals surface area contributed by atoms with E-state index in [1.807, 2.05) is 6.92 Å². The average molecular weight is 297 g/mol. The smallest absolute Gasteiger partial charge is 0.409 e. The minimum absolute atomic E-state index is 0.177. The fraction of sp³-hybridized carbons (Fsp3) is 0.867. The van der Waals surface area contributed by atoms with Crippen molar-refractivity contribution in [2.75, 3.05) is 26.2 Å². The van der Waals surface area contributed by atoms with Gasteiger partial charge in [-0.3, -0.25) is 4.79 Å². The van der Waals surface area contributed by atoms with Gasteiger partial charge in [-0.05, 0) is 45.6 Å². The van der Waals surface area contributed by atoms with E-state index in [0.29, 0.717) is 25.1 Å². The summed E-state index contributed by atoms with van der Waals surface area (Å²) in [5, 5.41) is 6.48. The van der Waals surface area contributed by atoms with E-state index in [9.17, 15) is 9.59 Å². The quantitative estimate of drug-likeness (QED) is 0.694. The first-order valence-corrected chi connectivity index (χ1v) is 8.13. The Morgan fingerprint density at radius 1 is 1.14 bits per heavy atom. The predicted molar refractivity (Wildman–Crippen MR) is 80.0 cm³/mol. The number of nitrogens with zero attached hydrogens (tertiary/aromatic N) is 1. The number of likely N-dealkylation sites (tertiary alicyclic amines) is 1. The first-order chi connectivity index (χ1) is 10.2. The molecule has 0 aromatic rings. The molecule has 0 aromatic carbocycles. The predicted octanol–water partition coefficient (Wildman–Crippen LogP) is 1.26. The van der Waals surface area contributed by atoms with Crippen molar-refractivity contribution in [2.24, 2.45) is 0 Å². The van der Waals surface area contributed by atoms with Crippen LogP contribution in [0.5, 0.6) is 0 Å². The van der Waals surface area contributed by atoms with E-state index in [-0.39, 0.29) is 12.0 Å². The lowest BCUT2D eigenvalue weighted by Crippen LogP contribution is -2.45. The van der Waals surface area contributed by atoms with Crippen molar-refractivity contribution in [2.45, 2.75) is 57.5 Å². The maximum absolute atomic E-state index is 11.6. The van der Waals surface area contributed by atoms with Crippen molar-refractivity contribution in [1.82, 2.24) is 15.5 Å². The number of nitrogens with one attached hydrogen (secondary N) is 2. The van der Waals surface area contributed by atoms with E-state index in [1.54, 1.807) is 4.90 Å². The molecule has 1 saturated carbocycles. The summed E-state index contributed by atoms with van der Waals surface area (Å²) in [6.45, 7) is 4.62. The molecule has 2 rings (SSSR count). The Labute approximate surface area is 126 Å². The van der Waals surface area contributed by atoms with Crippen LogP contribution in [0.4, 0.5) is 4.79 Å².